The Bertz CT molecular complexity index is 207. The van der Waals surface area contributed by atoms with Gasteiger partial charge in [0, 0.05) is 19.4 Å². The van der Waals surface area contributed by atoms with Gasteiger partial charge < -0.3 is 4.74 Å². The molecule has 0 bridgehead atoms. The average molecular weight is 196 g/mol. The Morgan fingerprint density at radius 1 is 1.36 bits per heavy atom. The molecule has 0 spiro atoms. The van der Waals surface area contributed by atoms with Gasteiger partial charge in [-0.05, 0) is 38.5 Å². The van der Waals surface area contributed by atoms with Crippen LogP contribution < -0.4 is 0 Å². The van der Waals surface area contributed by atoms with Gasteiger partial charge in [-0.2, -0.15) is 5.10 Å². The van der Waals surface area contributed by atoms with Crippen LogP contribution in [0.4, 0.5) is 0 Å². The Labute approximate surface area is 86.1 Å². The van der Waals surface area contributed by atoms with E-state index in [4.69, 9.17) is 9.84 Å². The maximum absolute atomic E-state index is 5.21. The van der Waals surface area contributed by atoms with Gasteiger partial charge in [0.25, 0.3) is 0 Å². The summed E-state index contributed by atoms with van der Waals surface area (Å²) < 4.78 is 5.21. The fourth-order valence-electron chi connectivity index (χ4n) is 2.38. The Hall–Kier alpha value is -0.570. The van der Waals surface area contributed by atoms with Crippen molar-refractivity contribution in [1.29, 1.82) is 0 Å². The number of hydrogen-bond donors (Lipinski definition) is 0. The Morgan fingerprint density at radius 3 is 2.86 bits per heavy atom. The summed E-state index contributed by atoms with van der Waals surface area (Å²) in [6.07, 6.45) is 7.62. The molecule has 0 aromatic rings. The first-order chi connectivity index (χ1) is 6.90. The molecule has 0 unspecified atom stereocenters. The van der Waals surface area contributed by atoms with E-state index in [0.29, 0.717) is 6.04 Å². The SMILES string of the molecule is COC[C@H]1CCCN1N=C1CCCC1. The van der Waals surface area contributed by atoms with E-state index < -0.39 is 0 Å². The minimum atomic E-state index is 0.535. The molecule has 1 aliphatic carbocycles. The molecule has 1 atom stereocenters. The third-order valence-corrected chi connectivity index (χ3v) is 3.16. The van der Waals surface area contributed by atoms with Gasteiger partial charge in [-0.1, -0.05) is 0 Å². The smallest absolute Gasteiger partial charge is 0.0704 e. The summed E-state index contributed by atoms with van der Waals surface area (Å²) >= 11 is 0. The molecule has 1 saturated heterocycles. The molecule has 2 aliphatic rings. The number of hydrazone groups is 1. The maximum atomic E-state index is 5.21. The number of ether oxygens (including phenoxy) is 1. The van der Waals surface area contributed by atoms with Crippen molar-refractivity contribution >= 4 is 5.71 Å². The highest BCUT2D eigenvalue weighted by molar-refractivity contribution is 5.85. The molecule has 0 aromatic carbocycles. The van der Waals surface area contributed by atoms with Crippen LogP contribution in [0.2, 0.25) is 0 Å². The summed E-state index contributed by atoms with van der Waals surface area (Å²) in [7, 11) is 1.78. The lowest BCUT2D eigenvalue weighted by Gasteiger charge is -2.21. The lowest BCUT2D eigenvalue weighted by molar-refractivity contribution is 0.117. The Balaban J connectivity index is 1.91. The molecule has 1 heterocycles. The Kier molecular flexibility index (Phi) is 3.40. The van der Waals surface area contributed by atoms with E-state index in [-0.39, 0.29) is 0 Å². The molecule has 0 N–H and O–H groups in total. The second kappa shape index (κ2) is 4.78. The largest absolute Gasteiger partial charge is 0.382 e. The number of rotatable bonds is 3. The molecule has 1 saturated carbocycles. The van der Waals surface area contributed by atoms with Gasteiger partial charge in [-0.15, -0.1) is 0 Å². The fraction of sp³-hybridized carbons (Fsp3) is 0.909. The van der Waals surface area contributed by atoms with Crippen LogP contribution in [0.1, 0.15) is 38.5 Å². The van der Waals surface area contributed by atoms with Gasteiger partial charge in [0.1, 0.15) is 0 Å². The summed E-state index contributed by atoms with van der Waals surface area (Å²) in [6, 6.07) is 0.535. The predicted molar refractivity (Wildman–Crippen MR) is 57.5 cm³/mol. The zero-order valence-corrected chi connectivity index (χ0v) is 9.04. The maximum Gasteiger partial charge on any atom is 0.0704 e. The van der Waals surface area contributed by atoms with E-state index in [1.807, 2.05) is 0 Å². The first-order valence-electron chi connectivity index (χ1n) is 5.72. The van der Waals surface area contributed by atoms with Crippen molar-refractivity contribution in [3.8, 4) is 0 Å². The predicted octanol–water partition coefficient (Wildman–Crippen LogP) is 2.03. The standard InChI is InChI=1S/C11H20N2O/c1-14-9-11-7-4-8-13(11)12-10-5-2-3-6-10/h11H,2-9H2,1H3/t11-/m1/s1. The van der Waals surface area contributed by atoms with Crippen molar-refractivity contribution < 1.29 is 4.74 Å². The molecule has 0 radical (unpaired) electrons. The molecule has 2 fully saturated rings. The zero-order valence-electron chi connectivity index (χ0n) is 9.04. The van der Waals surface area contributed by atoms with Gasteiger partial charge in [0.15, 0.2) is 0 Å². The van der Waals surface area contributed by atoms with Crippen LogP contribution >= 0.6 is 0 Å². The summed E-state index contributed by atoms with van der Waals surface area (Å²) in [5, 5.41) is 7.00. The van der Waals surface area contributed by atoms with Crippen LogP contribution in [0.5, 0.6) is 0 Å². The molecular formula is C11H20N2O. The number of methoxy groups -OCH3 is 1. The summed E-state index contributed by atoms with van der Waals surface area (Å²) in [6.45, 7) is 1.95. The second-order valence-corrected chi connectivity index (χ2v) is 4.29. The topological polar surface area (TPSA) is 24.8 Å². The van der Waals surface area contributed by atoms with Crippen LogP contribution in [-0.4, -0.2) is 37.0 Å². The molecule has 3 heteroatoms. The molecule has 0 aromatic heterocycles. The zero-order chi connectivity index (χ0) is 9.80. The molecule has 1 aliphatic heterocycles. The van der Waals surface area contributed by atoms with Gasteiger partial charge in [-0.25, -0.2) is 0 Å². The molecule has 3 nitrogen and oxygen atoms in total. The van der Waals surface area contributed by atoms with Crippen LogP contribution in [0, 0.1) is 0 Å². The fourth-order valence-corrected chi connectivity index (χ4v) is 2.38. The van der Waals surface area contributed by atoms with Gasteiger partial charge in [0.05, 0.1) is 12.6 Å². The molecule has 14 heavy (non-hydrogen) atoms. The number of hydrogen-bond acceptors (Lipinski definition) is 3. The number of nitrogens with zero attached hydrogens (tertiary/aromatic N) is 2. The third kappa shape index (κ3) is 2.27. The van der Waals surface area contributed by atoms with E-state index >= 15 is 0 Å². The van der Waals surface area contributed by atoms with Crippen molar-refractivity contribution in [3.05, 3.63) is 0 Å². The van der Waals surface area contributed by atoms with Crippen molar-refractivity contribution in [2.24, 2.45) is 5.10 Å². The summed E-state index contributed by atoms with van der Waals surface area (Å²) in [5.41, 5.74) is 1.41. The highest BCUT2D eigenvalue weighted by Crippen LogP contribution is 2.21. The van der Waals surface area contributed by atoms with E-state index in [9.17, 15) is 0 Å². The van der Waals surface area contributed by atoms with Gasteiger partial charge >= 0.3 is 0 Å². The van der Waals surface area contributed by atoms with Crippen LogP contribution in [0.25, 0.3) is 0 Å². The van der Waals surface area contributed by atoms with Crippen molar-refractivity contribution in [2.75, 3.05) is 20.3 Å². The van der Waals surface area contributed by atoms with Crippen molar-refractivity contribution in [1.82, 2.24) is 5.01 Å². The normalized spacial score (nSPS) is 27.4. The minimum Gasteiger partial charge on any atom is -0.382 e. The van der Waals surface area contributed by atoms with Crippen LogP contribution in [-0.2, 0) is 4.74 Å². The summed E-state index contributed by atoms with van der Waals surface area (Å²) in [4.78, 5) is 0. The minimum absolute atomic E-state index is 0.535. The average Bonchev–Trinajstić information content (AvgIpc) is 2.80. The molecule has 80 valence electrons. The van der Waals surface area contributed by atoms with Crippen LogP contribution in [0.3, 0.4) is 0 Å². The monoisotopic (exact) mass is 196 g/mol. The van der Waals surface area contributed by atoms with Crippen LogP contribution in [0.15, 0.2) is 5.10 Å². The molecular weight excluding hydrogens is 176 g/mol. The lowest BCUT2D eigenvalue weighted by Crippen LogP contribution is -2.29. The van der Waals surface area contributed by atoms with E-state index in [1.165, 1.54) is 44.2 Å². The quantitative estimate of drug-likeness (QED) is 0.690. The molecule has 0 amide bonds. The third-order valence-electron chi connectivity index (χ3n) is 3.16. The lowest BCUT2D eigenvalue weighted by atomic mass is 10.2. The van der Waals surface area contributed by atoms with E-state index in [1.54, 1.807) is 7.11 Å². The second-order valence-electron chi connectivity index (χ2n) is 4.29. The first-order valence-corrected chi connectivity index (χ1v) is 5.72. The van der Waals surface area contributed by atoms with Crippen molar-refractivity contribution in [3.63, 3.8) is 0 Å². The first kappa shape index (κ1) is 9.97. The van der Waals surface area contributed by atoms with E-state index in [0.717, 1.165) is 13.2 Å². The Morgan fingerprint density at radius 2 is 2.14 bits per heavy atom. The van der Waals surface area contributed by atoms with E-state index in [2.05, 4.69) is 5.01 Å². The summed E-state index contributed by atoms with van der Waals surface area (Å²) in [5.74, 6) is 0. The van der Waals surface area contributed by atoms with Crippen molar-refractivity contribution in [2.45, 2.75) is 44.6 Å². The highest BCUT2D eigenvalue weighted by atomic mass is 16.5. The highest BCUT2D eigenvalue weighted by Gasteiger charge is 2.23. The van der Waals surface area contributed by atoms with Gasteiger partial charge in [-0.3, -0.25) is 5.01 Å². The molecule has 2 rings (SSSR count). The van der Waals surface area contributed by atoms with Gasteiger partial charge in [0.2, 0.25) is 0 Å².